The van der Waals surface area contributed by atoms with Crippen LogP contribution in [-0.4, -0.2) is 37.2 Å². The molecule has 0 aromatic carbocycles. The summed E-state index contributed by atoms with van der Waals surface area (Å²) in [6.07, 6.45) is 98.0. The zero-order valence-corrected chi connectivity index (χ0v) is 51.3. The molecule has 0 radical (unpaired) electrons. The first-order chi connectivity index (χ1) is 39.5. The van der Waals surface area contributed by atoms with Crippen molar-refractivity contribution in [1.82, 2.24) is 0 Å². The van der Waals surface area contributed by atoms with Crippen LogP contribution in [0.5, 0.6) is 0 Å². The summed E-state index contributed by atoms with van der Waals surface area (Å²) in [7, 11) is 0. The van der Waals surface area contributed by atoms with E-state index < -0.39 is 12.1 Å². The quantitative estimate of drug-likeness (QED) is 0.0261. The Morgan fingerprint density at radius 1 is 0.263 bits per heavy atom. The van der Waals surface area contributed by atoms with E-state index in [4.69, 9.17) is 14.2 Å². The zero-order valence-electron chi connectivity index (χ0n) is 51.3. The number of hydrogen-bond donors (Lipinski definition) is 0. The summed E-state index contributed by atoms with van der Waals surface area (Å²) in [5, 5.41) is 0. The molecule has 6 heteroatoms. The molecule has 0 fully saturated rings. The number of hydrogen-bond acceptors (Lipinski definition) is 6. The van der Waals surface area contributed by atoms with E-state index in [2.05, 4.69) is 179 Å². The average molecular weight is 1100 g/mol. The second kappa shape index (κ2) is 66.3. The molecule has 0 aromatic rings. The predicted octanol–water partition coefficient (Wildman–Crippen LogP) is 22.3. The molecule has 448 valence electrons. The van der Waals surface area contributed by atoms with Gasteiger partial charge < -0.3 is 14.2 Å². The smallest absolute Gasteiger partial charge is 0.306 e. The molecule has 0 aliphatic carbocycles. The molecule has 6 nitrogen and oxygen atoms in total. The number of carbonyl (C=O) groups is 3. The molecular formula is C74H116O6. The highest BCUT2D eigenvalue weighted by molar-refractivity contribution is 5.71. The second-order valence-electron chi connectivity index (χ2n) is 20.5. The number of rotatable bonds is 56. The number of unbranched alkanes of at least 4 members (excludes halogenated alkanes) is 17. The van der Waals surface area contributed by atoms with Crippen LogP contribution >= 0.6 is 0 Å². The Morgan fingerprint density at radius 3 is 0.812 bits per heavy atom. The number of allylic oxidation sites excluding steroid dienone is 28. The number of esters is 3. The van der Waals surface area contributed by atoms with Gasteiger partial charge in [-0.05, 0) is 135 Å². The molecular weight excluding hydrogens is 985 g/mol. The molecule has 80 heavy (non-hydrogen) atoms. The van der Waals surface area contributed by atoms with Gasteiger partial charge in [0.05, 0.1) is 0 Å². The highest BCUT2D eigenvalue weighted by atomic mass is 16.6. The molecule has 1 unspecified atom stereocenters. The summed E-state index contributed by atoms with van der Waals surface area (Å²) in [4.78, 5) is 38.3. The van der Waals surface area contributed by atoms with E-state index in [1.165, 1.54) is 64.2 Å². The first kappa shape index (κ1) is 74.8. The molecule has 0 N–H and O–H groups in total. The lowest BCUT2D eigenvalue weighted by Gasteiger charge is -2.18. The van der Waals surface area contributed by atoms with Gasteiger partial charge in [0.25, 0.3) is 0 Å². The van der Waals surface area contributed by atoms with Crippen molar-refractivity contribution in [2.45, 2.75) is 264 Å². The fourth-order valence-electron chi connectivity index (χ4n) is 8.19. The Labute approximate surface area is 492 Å². The Hall–Kier alpha value is -5.23. The minimum Gasteiger partial charge on any atom is -0.462 e. The molecule has 0 aliphatic rings. The van der Waals surface area contributed by atoms with Gasteiger partial charge in [0.2, 0.25) is 0 Å². The van der Waals surface area contributed by atoms with Gasteiger partial charge in [-0.25, -0.2) is 0 Å². The summed E-state index contributed by atoms with van der Waals surface area (Å²) in [5.74, 6) is -1.03. The van der Waals surface area contributed by atoms with Crippen molar-refractivity contribution >= 4 is 17.9 Å². The van der Waals surface area contributed by atoms with Crippen molar-refractivity contribution in [1.29, 1.82) is 0 Å². The lowest BCUT2D eigenvalue weighted by Crippen LogP contribution is -2.30. The highest BCUT2D eigenvalue weighted by Gasteiger charge is 2.19. The molecule has 0 bridgehead atoms. The molecule has 0 saturated heterocycles. The summed E-state index contributed by atoms with van der Waals surface area (Å²) < 4.78 is 16.8. The van der Waals surface area contributed by atoms with Crippen LogP contribution in [0.25, 0.3) is 0 Å². The molecule has 0 heterocycles. The van der Waals surface area contributed by atoms with Crippen LogP contribution in [0.4, 0.5) is 0 Å². The fourth-order valence-corrected chi connectivity index (χ4v) is 8.19. The highest BCUT2D eigenvalue weighted by Crippen LogP contribution is 2.14. The Balaban J connectivity index is 4.44. The zero-order chi connectivity index (χ0) is 57.8. The summed E-state index contributed by atoms with van der Waals surface area (Å²) >= 11 is 0. The van der Waals surface area contributed by atoms with Gasteiger partial charge in [0, 0.05) is 19.3 Å². The lowest BCUT2D eigenvalue weighted by atomic mass is 10.1. The van der Waals surface area contributed by atoms with Crippen LogP contribution in [0, 0.1) is 0 Å². The van der Waals surface area contributed by atoms with Crippen LogP contribution in [0.3, 0.4) is 0 Å². The Kier molecular flexibility index (Phi) is 61.9. The van der Waals surface area contributed by atoms with E-state index in [1.807, 2.05) is 12.2 Å². The van der Waals surface area contributed by atoms with Crippen molar-refractivity contribution in [2.75, 3.05) is 13.2 Å². The summed E-state index contributed by atoms with van der Waals surface area (Å²) in [5.41, 5.74) is 0. The van der Waals surface area contributed by atoms with E-state index >= 15 is 0 Å². The molecule has 0 saturated carbocycles. The standard InChI is InChI=1S/C74H116O6/c1-4-7-10-13-16-19-22-25-28-30-32-33-34-35-36-37-38-39-40-41-43-44-46-49-52-55-58-61-64-67-73(76)79-70-71(69-78-72(75)66-63-60-57-54-51-48-27-24-21-18-15-12-9-6-3)80-74(77)68-65-62-59-56-53-50-47-45-42-31-29-26-23-20-17-14-11-8-5-2/h7-8,10-11,15-20,24-29,32-33,35-36,38-39,42,45,50,53,59,62,71H,4-6,9,12-14,21-23,30-31,34,37,40-41,43-44,46-49,51-52,54-58,60-61,63-70H2,1-3H3/b10-7-,11-8-,18-15-,19-16-,20-17-,27-24-,28-25-,29-26-,33-32-,36-35-,39-38-,45-42-,53-50-,62-59-. The maximum Gasteiger partial charge on any atom is 0.306 e. The minimum atomic E-state index is -0.836. The maximum atomic E-state index is 12.9. The number of carbonyl (C=O) groups excluding carboxylic acids is 3. The van der Waals surface area contributed by atoms with E-state index in [1.54, 1.807) is 0 Å². The van der Waals surface area contributed by atoms with E-state index in [-0.39, 0.29) is 31.6 Å². The van der Waals surface area contributed by atoms with Gasteiger partial charge in [-0.3, -0.25) is 14.4 Å². The van der Waals surface area contributed by atoms with E-state index in [0.717, 1.165) is 148 Å². The van der Waals surface area contributed by atoms with Gasteiger partial charge in [0.15, 0.2) is 6.10 Å². The molecule has 0 aromatic heterocycles. The van der Waals surface area contributed by atoms with Gasteiger partial charge >= 0.3 is 17.9 Å². The van der Waals surface area contributed by atoms with Crippen molar-refractivity contribution in [3.63, 3.8) is 0 Å². The van der Waals surface area contributed by atoms with Gasteiger partial charge in [-0.2, -0.15) is 0 Å². The normalized spacial score (nSPS) is 13.3. The fraction of sp³-hybridized carbons (Fsp3) is 0.581. The van der Waals surface area contributed by atoms with Gasteiger partial charge in [-0.15, -0.1) is 0 Å². The van der Waals surface area contributed by atoms with Gasteiger partial charge in [0.1, 0.15) is 13.2 Å². The Bertz CT molecular complexity index is 1840. The van der Waals surface area contributed by atoms with Gasteiger partial charge in [-0.1, -0.05) is 274 Å². The summed E-state index contributed by atoms with van der Waals surface area (Å²) in [6.45, 7) is 6.29. The van der Waals surface area contributed by atoms with Crippen molar-refractivity contribution in [2.24, 2.45) is 0 Å². The largest absolute Gasteiger partial charge is 0.462 e. The van der Waals surface area contributed by atoms with Crippen molar-refractivity contribution in [3.8, 4) is 0 Å². The predicted molar refractivity (Wildman–Crippen MR) is 348 cm³/mol. The molecule has 0 spiro atoms. The van der Waals surface area contributed by atoms with E-state index in [0.29, 0.717) is 19.3 Å². The number of ether oxygens (including phenoxy) is 3. The SMILES string of the molecule is CC/C=C\C/C=C\C/C=C\C/C=C\C/C=C\C/C=C\CCCCCCCCCCCCC(=O)OCC(COC(=O)CCCCCCC/C=C\C/C=C\CCCC)OC(=O)CC/C=C\C/C=C\C/C=C\C/C=C\C/C=C\C/C=C\CC. The third kappa shape index (κ3) is 63.6. The average Bonchev–Trinajstić information content (AvgIpc) is 3.46. The van der Waals surface area contributed by atoms with Crippen LogP contribution in [-0.2, 0) is 28.6 Å². The monoisotopic (exact) mass is 1100 g/mol. The van der Waals surface area contributed by atoms with E-state index in [9.17, 15) is 14.4 Å². The Morgan fingerprint density at radius 2 is 0.512 bits per heavy atom. The molecule has 0 aliphatic heterocycles. The van der Waals surface area contributed by atoms with Crippen LogP contribution in [0.1, 0.15) is 258 Å². The minimum absolute atomic E-state index is 0.122. The third-order valence-electron chi connectivity index (χ3n) is 12.9. The van der Waals surface area contributed by atoms with Crippen molar-refractivity contribution in [3.05, 3.63) is 170 Å². The van der Waals surface area contributed by atoms with Crippen LogP contribution in [0.2, 0.25) is 0 Å². The first-order valence-electron chi connectivity index (χ1n) is 32.1. The van der Waals surface area contributed by atoms with Crippen LogP contribution < -0.4 is 0 Å². The van der Waals surface area contributed by atoms with Crippen molar-refractivity contribution < 1.29 is 28.6 Å². The topological polar surface area (TPSA) is 78.9 Å². The second-order valence-corrected chi connectivity index (χ2v) is 20.5. The molecule has 1 atom stereocenters. The first-order valence-corrected chi connectivity index (χ1v) is 32.1. The lowest BCUT2D eigenvalue weighted by molar-refractivity contribution is -0.166. The third-order valence-corrected chi connectivity index (χ3v) is 12.9. The molecule has 0 rings (SSSR count). The maximum absolute atomic E-state index is 12.9. The molecule has 0 amide bonds. The van der Waals surface area contributed by atoms with Crippen LogP contribution in [0.15, 0.2) is 170 Å². The summed E-state index contributed by atoms with van der Waals surface area (Å²) in [6, 6.07) is 0.